The van der Waals surface area contributed by atoms with Crippen LogP contribution in [0.4, 0.5) is 0 Å². The zero-order valence-corrected chi connectivity index (χ0v) is 11.9. The normalized spacial score (nSPS) is 11.9. The highest BCUT2D eigenvalue weighted by atomic mass is 16.4. The summed E-state index contributed by atoms with van der Waals surface area (Å²) in [6, 6.07) is 0. The predicted octanol–water partition coefficient (Wildman–Crippen LogP) is 2.19. The highest BCUT2D eigenvalue weighted by Gasteiger charge is 2.21. The van der Waals surface area contributed by atoms with E-state index in [1.54, 1.807) is 4.90 Å². The van der Waals surface area contributed by atoms with Crippen LogP contribution in [0, 0.1) is 5.92 Å². The molecule has 0 aromatic carbocycles. The van der Waals surface area contributed by atoms with Crippen molar-refractivity contribution < 1.29 is 10.0 Å². The van der Waals surface area contributed by atoms with Crippen LogP contribution in [0.1, 0.15) is 52.9 Å². The third kappa shape index (κ3) is 5.89. The fraction of sp³-hybridized carbons (Fsp3) is 0.846. The molecule has 0 rings (SSSR count). The van der Waals surface area contributed by atoms with Crippen molar-refractivity contribution in [2.24, 2.45) is 16.8 Å². The molecule has 0 heterocycles. The molecule has 0 bridgehead atoms. The number of amidine groups is 1. The Kier molecular flexibility index (Phi) is 9.06. The minimum absolute atomic E-state index is 0.118. The van der Waals surface area contributed by atoms with Crippen LogP contribution in [0.25, 0.3) is 0 Å². The molecule has 0 saturated carbocycles. The van der Waals surface area contributed by atoms with Gasteiger partial charge in [0, 0.05) is 25.4 Å². The fourth-order valence-electron chi connectivity index (χ4n) is 2.07. The van der Waals surface area contributed by atoms with E-state index in [0.29, 0.717) is 19.5 Å². The van der Waals surface area contributed by atoms with Crippen molar-refractivity contribution >= 4 is 11.7 Å². The minimum Gasteiger partial charge on any atom is -0.409 e. The first-order chi connectivity index (χ1) is 8.60. The van der Waals surface area contributed by atoms with Crippen molar-refractivity contribution in [1.82, 2.24) is 4.90 Å². The molecule has 0 aliphatic rings. The average Bonchev–Trinajstić information content (AvgIpc) is 2.38. The van der Waals surface area contributed by atoms with Gasteiger partial charge in [-0.3, -0.25) is 4.79 Å². The van der Waals surface area contributed by atoms with Gasteiger partial charge in [0.15, 0.2) is 0 Å². The number of rotatable bonds is 9. The van der Waals surface area contributed by atoms with Gasteiger partial charge in [0.1, 0.15) is 5.84 Å². The molecule has 0 unspecified atom stereocenters. The van der Waals surface area contributed by atoms with E-state index in [-0.39, 0.29) is 17.7 Å². The van der Waals surface area contributed by atoms with Crippen LogP contribution in [-0.2, 0) is 4.79 Å². The molecule has 0 aliphatic heterocycles. The van der Waals surface area contributed by atoms with Gasteiger partial charge in [0.25, 0.3) is 0 Å². The van der Waals surface area contributed by atoms with Gasteiger partial charge in [-0.1, -0.05) is 31.8 Å². The molecule has 3 N–H and O–H groups in total. The Bertz CT molecular complexity index is 261. The van der Waals surface area contributed by atoms with Crippen LogP contribution >= 0.6 is 0 Å². The van der Waals surface area contributed by atoms with Crippen molar-refractivity contribution in [3.05, 3.63) is 0 Å². The van der Waals surface area contributed by atoms with Gasteiger partial charge >= 0.3 is 0 Å². The van der Waals surface area contributed by atoms with Crippen LogP contribution in [0.5, 0.6) is 0 Å². The topological polar surface area (TPSA) is 78.9 Å². The Morgan fingerprint density at radius 2 is 1.83 bits per heavy atom. The number of nitrogens with two attached hydrogens (primary N) is 1. The molecule has 0 aromatic rings. The summed E-state index contributed by atoms with van der Waals surface area (Å²) >= 11 is 0. The minimum atomic E-state index is 0.118. The molecule has 106 valence electrons. The zero-order chi connectivity index (χ0) is 14.0. The second-order valence-electron chi connectivity index (χ2n) is 4.53. The lowest BCUT2D eigenvalue weighted by Gasteiger charge is -2.26. The van der Waals surface area contributed by atoms with Gasteiger partial charge < -0.3 is 15.8 Å². The molecular formula is C13H27N3O2. The number of amides is 1. The van der Waals surface area contributed by atoms with Gasteiger partial charge in [0.2, 0.25) is 5.91 Å². The number of hydrogen-bond donors (Lipinski definition) is 2. The summed E-state index contributed by atoms with van der Waals surface area (Å²) in [6.45, 7) is 7.35. The second-order valence-corrected chi connectivity index (χ2v) is 4.53. The van der Waals surface area contributed by atoms with Crippen molar-refractivity contribution in [1.29, 1.82) is 0 Å². The van der Waals surface area contributed by atoms with Gasteiger partial charge in [-0.25, -0.2) is 0 Å². The van der Waals surface area contributed by atoms with E-state index in [1.807, 2.05) is 6.92 Å². The van der Waals surface area contributed by atoms with Crippen LogP contribution < -0.4 is 5.73 Å². The Hall–Kier alpha value is -1.26. The van der Waals surface area contributed by atoms with Crippen molar-refractivity contribution in [3.63, 3.8) is 0 Å². The summed E-state index contributed by atoms with van der Waals surface area (Å²) in [5.41, 5.74) is 5.43. The van der Waals surface area contributed by atoms with E-state index < -0.39 is 0 Å². The zero-order valence-electron chi connectivity index (χ0n) is 11.9. The Labute approximate surface area is 110 Å². The van der Waals surface area contributed by atoms with Crippen molar-refractivity contribution in [2.75, 3.05) is 13.1 Å². The van der Waals surface area contributed by atoms with Crippen molar-refractivity contribution in [2.45, 2.75) is 52.9 Å². The fourth-order valence-corrected chi connectivity index (χ4v) is 2.07. The third-order valence-corrected chi connectivity index (χ3v) is 3.08. The van der Waals surface area contributed by atoms with Crippen LogP contribution in [0.2, 0.25) is 0 Å². The molecule has 0 spiro atoms. The third-order valence-electron chi connectivity index (χ3n) is 3.08. The van der Waals surface area contributed by atoms with E-state index in [1.165, 1.54) is 0 Å². The number of carbonyl (C=O) groups is 1. The molecule has 0 aromatic heterocycles. The number of oxime groups is 1. The highest BCUT2D eigenvalue weighted by molar-refractivity contribution is 5.82. The maximum Gasteiger partial charge on any atom is 0.225 e. The molecule has 1 amide bonds. The summed E-state index contributed by atoms with van der Waals surface area (Å²) < 4.78 is 0. The molecule has 0 radical (unpaired) electrons. The summed E-state index contributed by atoms with van der Waals surface area (Å²) in [6.07, 6.45) is 4.34. The summed E-state index contributed by atoms with van der Waals surface area (Å²) in [4.78, 5) is 14.1. The lowest BCUT2D eigenvalue weighted by molar-refractivity contribution is -0.135. The maximum absolute atomic E-state index is 12.3. The number of nitrogens with zero attached hydrogens (tertiary/aromatic N) is 2. The molecule has 5 heteroatoms. The standard InChI is InChI=1S/C13H27N3O2/c1-4-7-11(8-5-2)13(17)16(6-3)10-9-12(14)15-18/h11,18H,4-10H2,1-3H3,(H2,14,15). The van der Waals surface area contributed by atoms with Gasteiger partial charge in [-0.2, -0.15) is 0 Å². The molecule has 0 fully saturated rings. The lowest BCUT2D eigenvalue weighted by Crippen LogP contribution is -2.38. The van der Waals surface area contributed by atoms with E-state index in [9.17, 15) is 4.79 Å². The van der Waals surface area contributed by atoms with Crippen LogP contribution in [0.15, 0.2) is 5.16 Å². The Balaban J connectivity index is 4.45. The van der Waals surface area contributed by atoms with E-state index in [4.69, 9.17) is 10.9 Å². The highest BCUT2D eigenvalue weighted by Crippen LogP contribution is 2.17. The Morgan fingerprint density at radius 3 is 2.22 bits per heavy atom. The monoisotopic (exact) mass is 257 g/mol. The molecule has 18 heavy (non-hydrogen) atoms. The second kappa shape index (κ2) is 9.74. The molecular weight excluding hydrogens is 230 g/mol. The van der Waals surface area contributed by atoms with E-state index in [0.717, 1.165) is 25.7 Å². The first kappa shape index (κ1) is 16.7. The van der Waals surface area contributed by atoms with Crippen molar-refractivity contribution in [3.8, 4) is 0 Å². The van der Waals surface area contributed by atoms with Gasteiger partial charge in [0.05, 0.1) is 0 Å². The quantitative estimate of drug-likeness (QED) is 0.287. The lowest BCUT2D eigenvalue weighted by atomic mass is 9.96. The van der Waals surface area contributed by atoms with Crippen LogP contribution in [-0.4, -0.2) is 34.9 Å². The van der Waals surface area contributed by atoms with Crippen LogP contribution in [0.3, 0.4) is 0 Å². The average molecular weight is 257 g/mol. The molecule has 0 atom stereocenters. The number of hydrogen-bond acceptors (Lipinski definition) is 3. The maximum atomic E-state index is 12.3. The molecule has 5 nitrogen and oxygen atoms in total. The van der Waals surface area contributed by atoms with E-state index in [2.05, 4.69) is 19.0 Å². The predicted molar refractivity (Wildman–Crippen MR) is 73.6 cm³/mol. The SMILES string of the molecule is CCCC(CCC)C(=O)N(CC)CCC(N)=NO. The first-order valence-electron chi connectivity index (χ1n) is 6.85. The summed E-state index contributed by atoms with van der Waals surface area (Å²) in [5, 5.41) is 11.4. The van der Waals surface area contributed by atoms with E-state index >= 15 is 0 Å². The van der Waals surface area contributed by atoms with Gasteiger partial charge in [-0.05, 0) is 19.8 Å². The smallest absolute Gasteiger partial charge is 0.225 e. The molecule has 0 saturated heterocycles. The molecule has 0 aliphatic carbocycles. The number of carbonyl (C=O) groups excluding carboxylic acids is 1. The Morgan fingerprint density at radius 1 is 1.28 bits per heavy atom. The van der Waals surface area contributed by atoms with Gasteiger partial charge in [-0.15, -0.1) is 0 Å². The largest absolute Gasteiger partial charge is 0.409 e. The first-order valence-corrected chi connectivity index (χ1v) is 6.85. The summed E-state index contributed by atoms with van der Waals surface area (Å²) in [5.74, 6) is 0.489. The summed E-state index contributed by atoms with van der Waals surface area (Å²) in [7, 11) is 0.